The topological polar surface area (TPSA) is 75.4 Å². The maximum atomic E-state index is 12.0. The predicted molar refractivity (Wildman–Crippen MR) is 79.1 cm³/mol. The van der Waals surface area contributed by atoms with Gasteiger partial charge in [0.25, 0.3) is 5.91 Å². The zero-order valence-corrected chi connectivity index (χ0v) is 12.5. The van der Waals surface area contributed by atoms with Crippen LogP contribution < -0.4 is 11.1 Å². The van der Waals surface area contributed by atoms with Gasteiger partial charge >= 0.3 is 0 Å². The van der Waals surface area contributed by atoms with E-state index in [1.807, 2.05) is 26.0 Å². The minimum Gasteiger partial charge on any atom is -0.355 e. The zero-order valence-electron chi connectivity index (χ0n) is 12.5. The van der Waals surface area contributed by atoms with Gasteiger partial charge in [-0.1, -0.05) is 26.0 Å². The predicted octanol–water partition coefficient (Wildman–Crippen LogP) is 0.988. The molecule has 5 nitrogen and oxygen atoms in total. The van der Waals surface area contributed by atoms with Crippen LogP contribution in [0.4, 0.5) is 0 Å². The second-order valence-corrected chi connectivity index (χ2v) is 5.24. The number of carbonyl (C=O) groups is 2. The summed E-state index contributed by atoms with van der Waals surface area (Å²) in [6.07, 6.45) is 0. The molecule has 0 aromatic heterocycles. The summed E-state index contributed by atoms with van der Waals surface area (Å²) in [7, 11) is 3.33. The van der Waals surface area contributed by atoms with E-state index in [1.165, 1.54) is 0 Å². The lowest BCUT2D eigenvalue weighted by atomic mass is 10.0. The van der Waals surface area contributed by atoms with Crippen molar-refractivity contribution in [1.29, 1.82) is 0 Å². The van der Waals surface area contributed by atoms with Gasteiger partial charge in [0, 0.05) is 26.2 Å². The monoisotopic (exact) mass is 277 g/mol. The van der Waals surface area contributed by atoms with Crippen molar-refractivity contribution in [2.75, 3.05) is 14.1 Å². The van der Waals surface area contributed by atoms with Crippen molar-refractivity contribution in [2.24, 2.45) is 11.7 Å². The molecule has 1 aromatic carbocycles. The van der Waals surface area contributed by atoms with Crippen LogP contribution >= 0.6 is 0 Å². The highest BCUT2D eigenvalue weighted by molar-refractivity contribution is 5.93. The fourth-order valence-electron chi connectivity index (χ4n) is 1.80. The molecule has 20 heavy (non-hydrogen) atoms. The van der Waals surface area contributed by atoms with Gasteiger partial charge in [-0.2, -0.15) is 0 Å². The number of amides is 2. The highest BCUT2D eigenvalue weighted by atomic mass is 16.2. The first-order valence-corrected chi connectivity index (χ1v) is 6.68. The molecule has 1 unspecified atom stereocenters. The van der Waals surface area contributed by atoms with Gasteiger partial charge < -0.3 is 16.0 Å². The number of nitrogens with two attached hydrogens (primary N) is 1. The maximum absolute atomic E-state index is 12.0. The van der Waals surface area contributed by atoms with Crippen molar-refractivity contribution in [3.8, 4) is 0 Å². The number of nitrogens with zero attached hydrogens (tertiary/aromatic N) is 1. The Kier molecular flexibility index (Phi) is 5.70. The molecule has 2 amide bonds. The summed E-state index contributed by atoms with van der Waals surface area (Å²) < 4.78 is 0. The molecule has 0 saturated heterocycles. The summed E-state index contributed by atoms with van der Waals surface area (Å²) in [5.74, 6) is -0.0845. The molecule has 1 atom stereocenters. The van der Waals surface area contributed by atoms with Crippen molar-refractivity contribution in [3.63, 3.8) is 0 Å². The van der Waals surface area contributed by atoms with Gasteiger partial charge in [0.05, 0.1) is 6.04 Å². The van der Waals surface area contributed by atoms with E-state index < -0.39 is 6.04 Å². The average Bonchev–Trinajstić information content (AvgIpc) is 2.45. The molecular formula is C15H23N3O2. The van der Waals surface area contributed by atoms with Crippen LogP contribution in [0.5, 0.6) is 0 Å². The molecule has 110 valence electrons. The van der Waals surface area contributed by atoms with E-state index >= 15 is 0 Å². The fraction of sp³-hybridized carbons (Fsp3) is 0.467. The van der Waals surface area contributed by atoms with Gasteiger partial charge in [-0.15, -0.1) is 0 Å². The number of hydrogen-bond donors (Lipinski definition) is 2. The third-order valence-corrected chi connectivity index (χ3v) is 3.24. The molecule has 0 spiro atoms. The molecular weight excluding hydrogens is 254 g/mol. The minimum absolute atomic E-state index is 0.0737. The van der Waals surface area contributed by atoms with E-state index in [-0.39, 0.29) is 17.7 Å². The number of nitrogens with one attached hydrogen (secondary N) is 1. The molecule has 0 bridgehead atoms. The number of carbonyl (C=O) groups excluding carboxylic acids is 2. The Morgan fingerprint density at radius 1 is 1.25 bits per heavy atom. The lowest BCUT2D eigenvalue weighted by molar-refractivity contribution is -0.132. The third-order valence-electron chi connectivity index (χ3n) is 3.24. The van der Waals surface area contributed by atoms with Gasteiger partial charge in [0.2, 0.25) is 5.91 Å². The Bertz CT molecular complexity index is 469. The number of hydrogen-bond acceptors (Lipinski definition) is 3. The van der Waals surface area contributed by atoms with Crippen molar-refractivity contribution in [3.05, 3.63) is 35.4 Å². The summed E-state index contributed by atoms with van der Waals surface area (Å²) in [5.41, 5.74) is 7.42. The van der Waals surface area contributed by atoms with Gasteiger partial charge in [-0.05, 0) is 23.6 Å². The highest BCUT2D eigenvalue weighted by Gasteiger charge is 2.20. The lowest BCUT2D eigenvalue weighted by Crippen LogP contribution is -2.44. The SMILES string of the molecule is CNC(=O)c1ccc(CN(C)C(=O)C(N)C(C)C)cc1. The Morgan fingerprint density at radius 2 is 1.80 bits per heavy atom. The van der Waals surface area contributed by atoms with Crippen LogP contribution in [-0.2, 0) is 11.3 Å². The molecule has 0 saturated carbocycles. The van der Waals surface area contributed by atoms with Crippen LogP contribution in [0, 0.1) is 5.92 Å². The molecule has 0 aliphatic rings. The smallest absolute Gasteiger partial charge is 0.251 e. The van der Waals surface area contributed by atoms with Gasteiger partial charge in [-0.3, -0.25) is 9.59 Å². The van der Waals surface area contributed by atoms with E-state index in [0.717, 1.165) is 5.56 Å². The Hall–Kier alpha value is -1.88. The summed E-state index contributed by atoms with van der Waals surface area (Å²) in [5, 5.41) is 2.57. The number of benzene rings is 1. The average molecular weight is 277 g/mol. The summed E-state index contributed by atoms with van der Waals surface area (Å²) in [6, 6.07) is 6.69. The van der Waals surface area contributed by atoms with Crippen LogP contribution in [-0.4, -0.2) is 36.9 Å². The largest absolute Gasteiger partial charge is 0.355 e. The van der Waals surface area contributed by atoms with Gasteiger partial charge in [-0.25, -0.2) is 0 Å². The molecule has 0 aliphatic carbocycles. The molecule has 3 N–H and O–H groups in total. The molecule has 0 fully saturated rings. The quantitative estimate of drug-likeness (QED) is 0.842. The van der Waals surface area contributed by atoms with E-state index in [4.69, 9.17) is 5.73 Å². The lowest BCUT2D eigenvalue weighted by Gasteiger charge is -2.23. The van der Waals surface area contributed by atoms with Gasteiger partial charge in [0.15, 0.2) is 0 Å². The molecule has 5 heteroatoms. The summed E-state index contributed by atoms with van der Waals surface area (Å²) in [6.45, 7) is 4.33. The van der Waals surface area contributed by atoms with E-state index in [9.17, 15) is 9.59 Å². The minimum atomic E-state index is -0.481. The standard InChI is InChI=1S/C15H23N3O2/c1-10(2)13(16)15(20)18(4)9-11-5-7-12(8-6-11)14(19)17-3/h5-8,10,13H,9,16H2,1-4H3,(H,17,19). The van der Waals surface area contributed by atoms with Crippen LogP contribution in [0.25, 0.3) is 0 Å². The molecule has 0 heterocycles. The molecule has 0 aliphatic heterocycles. The normalized spacial score (nSPS) is 12.1. The van der Waals surface area contributed by atoms with Crippen molar-refractivity contribution < 1.29 is 9.59 Å². The van der Waals surface area contributed by atoms with E-state index in [0.29, 0.717) is 12.1 Å². The second-order valence-electron chi connectivity index (χ2n) is 5.24. The maximum Gasteiger partial charge on any atom is 0.251 e. The van der Waals surface area contributed by atoms with E-state index in [1.54, 1.807) is 31.1 Å². The fourth-order valence-corrected chi connectivity index (χ4v) is 1.80. The Labute approximate surface area is 120 Å². The summed E-state index contributed by atoms with van der Waals surface area (Å²) in [4.78, 5) is 25.1. The first-order chi connectivity index (χ1) is 9.36. The van der Waals surface area contributed by atoms with Crippen LogP contribution in [0.2, 0.25) is 0 Å². The Morgan fingerprint density at radius 3 is 2.25 bits per heavy atom. The first kappa shape index (κ1) is 16.2. The number of likely N-dealkylation sites (N-methyl/N-ethyl adjacent to an activating group) is 1. The van der Waals surface area contributed by atoms with Crippen LogP contribution in [0.3, 0.4) is 0 Å². The van der Waals surface area contributed by atoms with Crippen molar-refractivity contribution in [2.45, 2.75) is 26.4 Å². The highest BCUT2D eigenvalue weighted by Crippen LogP contribution is 2.09. The Balaban J connectivity index is 2.69. The van der Waals surface area contributed by atoms with E-state index in [2.05, 4.69) is 5.32 Å². The van der Waals surface area contributed by atoms with Crippen molar-refractivity contribution in [1.82, 2.24) is 10.2 Å². The number of rotatable bonds is 5. The molecule has 1 rings (SSSR count). The first-order valence-electron chi connectivity index (χ1n) is 6.68. The molecule has 1 aromatic rings. The summed E-state index contributed by atoms with van der Waals surface area (Å²) >= 11 is 0. The van der Waals surface area contributed by atoms with Crippen molar-refractivity contribution >= 4 is 11.8 Å². The van der Waals surface area contributed by atoms with Crippen LogP contribution in [0.1, 0.15) is 29.8 Å². The van der Waals surface area contributed by atoms with Crippen LogP contribution in [0.15, 0.2) is 24.3 Å². The van der Waals surface area contributed by atoms with Gasteiger partial charge in [0.1, 0.15) is 0 Å². The third kappa shape index (κ3) is 4.06. The zero-order chi connectivity index (χ0) is 15.3. The molecule has 0 radical (unpaired) electrons. The second kappa shape index (κ2) is 7.05.